The zero-order valence-corrected chi connectivity index (χ0v) is 15.0. The van der Waals surface area contributed by atoms with Crippen LogP contribution in [0.3, 0.4) is 0 Å². The van der Waals surface area contributed by atoms with Gasteiger partial charge in [0, 0.05) is 32.7 Å². The summed E-state index contributed by atoms with van der Waals surface area (Å²) >= 11 is 0. The first-order chi connectivity index (χ1) is 12.3. The molecule has 0 radical (unpaired) electrons. The van der Waals surface area contributed by atoms with Gasteiger partial charge in [-0.25, -0.2) is 0 Å². The molecule has 1 fully saturated rings. The van der Waals surface area contributed by atoms with Crippen LogP contribution in [0.4, 0.5) is 0 Å². The molecule has 0 aliphatic carbocycles. The van der Waals surface area contributed by atoms with Gasteiger partial charge in [-0.05, 0) is 35.7 Å². The van der Waals surface area contributed by atoms with E-state index in [-0.39, 0.29) is 0 Å². The maximum Gasteiger partial charge on any atom is 0.119 e. The molecule has 0 saturated carbocycles. The van der Waals surface area contributed by atoms with Crippen molar-refractivity contribution in [3.05, 3.63) is 65.2 Å². The predicted octanol–water partition coefficient (Wildman–Crippen LogP) is 3.21. The van der Waals surface area contributed by atoms with Crippen molar-refractivity contribution in [3.8, 4) is 5.75 Å². The predicted molar refractivity (Wildman–Crippen MR) is 101 cm³/mol. The highest BCUT2D eigenvalue weighted by atomic mass is 16.5. The van der Waals surface area contributed by atoms with Crippen LogP contribution < -0.4 is 10.1 Å². The Bertz CT molecular complexity index is 619. The van der Waals surface area contributed by atoms with Crippen molar-refractivity contribution in [1.29, 1.82) is 0 Å². The summed E-state index contributed by atoms with van der Waals surface area (Å²) < 4.78 is 10.9. The topological polar surface area (TPSA) is 33.7 Å². The van der Waals surface area contributed by atoms with E-state index in [0.29, 0.717) is 6.61 Å². The van der Waals surface area contributed by atoms with E-state index >= 15 is 0 Å². The molecule has 0 bridgehead atoms. The normalized spacial score (nSPS) is 15.2. The van der Waals surface area contributed by atoms with Crippen LogP contribution in [0, 0.1) is 0 Å². The molecule has 1 heterocycles. The Hall–Kier alpha value is -1.88. The molecule has 4 heteroatoms. The average molecular weight is 340 g/mol. The van der Waals surface area contributed by atoms with Gasteiger partial charge in [0.05, 0.1) is 19.8 Å². The fourth-order valence-corrected chi connectivity index (χ4v) is 3.00. The molecule has 3 rings (SSSR count). The van der Waals surface area contributed by atoms with Gasteiger partial charge in [0.25, 0.3) is 0 Å². The van der Waals surface area contributed by atoms with Crippen molar-refractivity contribution >= 4 is 0 Å². The van der Waals surface area contributed by atoms with Crippen LogP contribution in [-0.2, 0) is 24.4 Å². The van der Waals surface area contributed by atoms with E-state index in [2.05, 4.69) is 46.6 Å². The van der Waals surface area contributed by atoms with E-state index < -0.39 is 0 Å². The molecule has 1 aliphatic heterocycles. The molecule has 1 N–H and O–H groups in total. The molecule has 0 spiro atoms. The number of ether oxygens (including phenoxy) is 2. The molecule has 4 nitrogen and oxygen atoms in total. The minimum absolute atomic E-state index is 0.707. The van der Waals surface area contributed by atoms with E-state index in [4.69, 9.17) is 9.47 Å². The molecular formula is C21H28N2O2. The van der Waals surface area contributed by atoms with Crippen LogP contribution in [0.5, 0.6) is 5.75 Å². The monoisotopic (exact) mass is 340 g/mol. The van der Waals surface area contributed by atoms with Crippen molar-refractivity contribution in [2.24, 2.45) is 0 Å². The summed E-state index contributed by atoms with van der Waals surface area (Å²) in [7, 11) is 0. The third kappa shape index (κ3) is 5.85. The molecular weight excluding hydrogens is 312 g/mol. The highest BCUT2D eigenvalue weighted by molar-refractivity contribution is 5.27. The molecule has 1 aliphatic rings. The fraction of sp³-hybridized carbons (Fsp3) is 0.429. The lowest BCUT2D eigenvalue weighted by molar-refractivity contribution is 0.0342. The van der Waals surface area contributed by atoms with Crippen LogP contribution in [0.15, 0.2) is 48.5 Å². The van der Waals surface area contributed by atoms with Gasteiger partial charge in [0.2, 0.25) is 0 Å². The summed E-state index contributed by atoms with van der Waals surface area (Å²) in [4.78, 5) is 2.45. The molecule has 0 unspecified atom stereocenters. The number of hydrogen-bond acceptors (Lipinski definition) is 4. The van der Waals surface area contributed by atoms with Gasteiger partial charge in [-0.3, -0.25) is 4.90 Å². The zero-order chi connectivity index (χ0) is 17.3. The molecule has 2 aromatic rings. The van der Waals surface area contributed by atoms with E-state index in [1.165, 1.54) is 16.7 Å². The Morgan fingerprint density at radius 1 is 0.880 bits per heavy atom. The minimum Gasteiger partial charge on any atom is -0.494 e. The number of nitrogens with zero attached hydrogens (tertiary/aromatic N) is 1. The van der Waals surface area contributed by atoms with E-state index in [0.717, 1.165) is 51.7 Å². The number of hydrogen-bond donors (Lipinski definition) is 1. The number of rotatable bonds is 8. The van der Waals surface area contributed by atoms with E-state index in [1.807, 2.05) is 19.1 Å². The molecule has 25 heavy (non-hydrogen) atoms. The molecule has 0 amide bonds. The van der Waals surface area contributed by atoms with Gasteiger partial charge in [0.15, 0.2) is 0 Å². The van der Waals surface area contributed by atoms with E-state index in [9.17, 15) is 0 Å². The summed E-state index contributed by atoms with van der Waals surface area (Å²) in [6.45, 7) is 9.24. The summed E-state index contributed by atoms with van der Waals surface area (Å²) in [6.07, 6.45) is 0. The first kappa shape index (κ1) is 17.9. The van der Waals surface area contributed by atoms with Crippen LogP contribution in [0.2, 0.25) is 0 Å². The summed E-state index contributed by atoms with van der Waals surface area (Å²) in [6, 6.07) is 17.2. The molecule has 1 saturated heterocycles. The Labute approximate surface area is 150 Å². The Morgan fingerprint density at radius 2 is 1.44 bits per heavy atom. The Balaban J connectivity index is 1.42. The second-order valence-corrected chi connectivity index (χ2v) is 6.39. The lowest BCUT2D eigenvalue weighted by Crippen LogP contribution is -2.35. The van der Waals surface area contributed by atoms with Crippen molar-refractivity contribution < 1.29 is 9.47 Å². The quantitative estimate of drug-likeness (QED) is 0.800. The second kappa shape index (κ2) is 9.56. The second-order valence-electron chi connectivity index (χ2n) is 6.39. The van der Waals surface area contributed by atoms with Gasteiger partial charge in [0.1, 0.15) is 5.75 Å². The average Bonchev–Trinajstić information content (AvgIpc) is 2.66. The van der Waals surface area contributed by atoms with Gasteiger partial charge in [-0.15, -0.1) is 0 Å². The maximum atomic E-state index is 5.47. The summed E-state index contributed by atoms with van der Waals surface area (Å²) in [5.41, 5.74) is 3.96. The highest BCUT2D eigenvalue weighted by Crippen LogP contribution is 2.12. The first-order valence-electron chi connectivity index (χ1n) is 9.14. The van der Waals surface area contributed by atoms with Crippen LogP contribution in [-0.4, -0.2) is 37.8 Å². The highest BCUT2D eigenvalue weighted by Gasteiger charge is 2.10. The van der Waals surface area contributed by atoms with Gasteiger partial charge < -0.3 is 14.8 Å². The largest absolute Gasteiger partial charge is 0.494 e. The fourth-order valence-electron chi connectivity index (χ4n) is 3.00. The third-order valence-corrected chi connectivity index (χ3v) is 4.43. The minimum atomic E-state index is 0.707. The van der Waals surface area contributed by atoms with Crippen molar-refractivity contribution in [1.82, 2.24) is 10.2 Å². The van der Waals surface area contributed by atoms with Gasteiger partial charge in [-0.2, -0.15) is 0 Å². The van der Waals surface area contributed by atoms with Crippen molar-refractivity contribution in [2.45, 2.75) is 26.6 Å². The third-order valence-electron chi connectivity index (χ3n) is 4.43. The molecule has 0 aromatic heterocycles. The number of morpholine rings is 1. The van der Waals surface area contributed by atoms with Crippen molar-refractivity contribution in [2.75, 3.05) is 32.9 Å². The van der Waals surface area contributed by atoms with Gasteiger partial charge >= 0.3 is 0 Å². The lowest BCUT2D eigenvalue weighted by Gasteiger charge is -2.26. The molecule has 0 atom stereocenters. The Kier molecular flexibility index (Phi) is 6.86. The maximum absolute atomic E-state index is 5.47. The number of nitrogens with one attached hydrogen (secondary N) is 1. The van der Waals surface area contributed by atoms with Crippen LogP contribution in [0.25, 0.3) is 0 Å². The summed E-state index contributed by atoms with van der Waals surface area (Å²) in [5, 5.41) is 3.50. The smallest absolute Gasteiger partial charge is 0.119 e. The standard InChI is InChI=1S/C21H28N2O2/c1-2-25-21-9-7-19(8-10-21)16-22-15-18-3-5-20(6-4-18)17-23-11-13-24-14-12-23/h3-10,22H,2,11-17H2,1H3. The van der Waals surface area contributed by atoms with E-state index in [1.54, 1.807) is 0 Å². The summed E-state index contributed by atoms with van der Waals surface area (Å²) in [5.74, 6) is 0.933. The first-order valence-corrected chi connectivity index (χ1v) is 9.14. The van der Waals surface area contributed by atoms with Crippen LogP contribution >= 0.6 is 0 Å². The molecule has 2 aromatic carbocycles. The Morgan fingerprint density at radius 3 is 2.04 bits per heavy atom. The zero-order valence-electron chi connectivity index (χ0n) is 15.0. The SMILES string of the molecule is CCOc1ccc(CNCc2ccc(CN3CCOCC3)cc2)cc1. The lowest BCUT2D eigenvalue weighted by atomic mass is 10.1. The van der Waals surface area contributed by atoms with Crippen molar-refractivity contribution in [3.63, 3.8) is 0 Å². The van der Waals surface area contributed by atoms with Crippen LogP contribution in [0.1, 0.15) is 23.6 Å². The van der Waals surface area contributed by atoms with Gasteiger partial charge in [-0.1, -0.05) is 36.4 Å². The number of benzene rings is 2. The molecule has 134 valence electrons.